The summed E-state index contributed by atoms with van der Waals surface area (Å²) in [5.41, 5.74) is 0.285. The lowest BCUT2D eigenvalue weighted by Gasteiger charge is -2.34. The van der Waals surface area contributed by atoms with Gasteiger partial charge in [0.15, 0.2) is 0 Å². The molecule has 1 fully saturated rings. The number of hydrogen-bond acceptors (Lipinski definition) is 5. The fourth-order valence-corrected chi connectivity index (χ4v) is 3.83. The molecule has 0 aliphatic carbocycles. The van der Waals surface area contributed by atoms with Crippen molar-refractivity contribution in [1.29, 1.82) is 0 Å². The lowest BCUT2D eigenvalue weighted by molar-refractivity contribution is 0.0156. The van der Waals surface area contributed by atoms with E-state index in [-0.39, 0.29) is 23.5 Å². The highest BCUT2D eigenvalue weighted by Crippen LogP contribution is 2.22. The quantitative estimate of drug-likeness (QED) is 0.643. The lowest BCUT2D eigenvalue weighted by atomic mass is 9.98. The van der Waals surface area contributed by atoms with Gasteiger partial charge in [-0.2, -0.15) is 0 Å². The maximum Gasteiger partial charge on any atom is 0.410 e. The van der Waals surface area contributed by atoms with E-state index in [1.807, 2.05) is 51.1 Å². The SMILES string of the molecule is CC(C)(C)OC(=O)N1CCCC(Cn2cnc(OCc3ccccc3)c(Br)c2=O)C1. The van der Waals surface area contributed by atoms with Crippen LogP contribution in [0.2, 0.25) is 0 Å². The molecule has 1 aromatic carbocycles. The third-order valence-corrected chi connectivity index (χ3v) is 5.47. The van der Waals surface area contributed by atoms with Crippen molar-refractivity contribution >= 4 is 22.0 Å². The Balaban J connectivity index is 1.63. The van der Waals surface area contributed by atoms with E-state index in [1.165, 1.54) is 6.33 Å². The Morgan fingerprint density at radius 2 is 2.00 bits per heavy atom. The van der Waals surface area contributed by atoms with E-state index in [1.54, 1.807) is 9.47 Å². The van der Waals surface area contributed by atoms with Crippen LogP contribution in [0.3, 0.4) is 0 Å². The van der Waals surface area contributed by atoms with Gasteiger partial charge < -0.3 is 14.4 Å². The molecule has 1 atom stereocenters. The molecule has 0 spiro atoms. The molecular formula is C22H28BrN3O4. The van der Waals surface area contributed by atoms with Crippen molar-refractivity contribution in [2.75, 3.05) is 13.1 Å². The average molecular weight is 478 g/mol. The Bertz CT molecular complexity index is 924. The predicted molar refractivity (Wildman–Crippen MR) is 118 cm³/mol. The van der Waals surface area contributed by atoms with Crippen LogP contribution in [0.25, 0.3) is 0 Å². The molecule has 30 heavy (non-hydrogen) atoms. The largest absolute Gasteiger partial charge is 0.472 e. The summed E-state index contributed by atoms with van der Waals surface area (Å²) >= 11 is 3.33. The zero-order chi connectivity index (χ0) is 21.7. The number of halogens is 1. The molecule has 1 aliphatic rings. The van der Waals surface area contributed by atoms with Crippen LogP contribution in [0.4, 0.5) is 4.79 Å². The van der Waals surface area contributed by atoms with Crippen molar-refractivity contribution in [3.8, 4) is 5.88 Å². The number of hydrogen-bond donors (Lipinski definition) is 0. The third kappa shape index (κ3) is 6.08. The second kappa shape index (κ2) is 9.64. The zero-order valence-corrected chi connectivity index (χ0v) is 19.2. The number of carbonyl (C=O) groups is 1. The highest BCUT2D eigenvalue weighted by atomic mass is 79.9. The number of aromatic nitrogens is 2. The van der Waals surface area contributed by atoms with Crippen LogP contribution >= 0.6 is 15.9 Å². The minimum Gasteiger partial charge on any atom is -0.472 e. The lowest BCUT2D eigenvalue weighted by Crippen LogP contribution is -2.44. The van der Waals surface area contributed by atoms with Crippen molar-refractivity contribution in [2.45, 2.75) is 52.4 Å². The van der Waals surface area contributed by atoms with Crippen molar-refractivity contribution < 1.29 is 14.3 Å². The Kier molecular flexibility index (Phi) is 7.18. The fourth-order valence-electron chi connectivity index (χ4n) is 3.39. The Morgan fingerprint density at radius 1 is 1.27 bits per heavy atom. The van der Waals surface area contributed by atoms with Gasteiger partial charge in [-0.25, -0.2) is 9.78 Å². The Labute approximate surface area is 185 Å². The normalized spacial score (nSPS) is 16.9. The van der Waals surface area contributed by atoms with Crippen LogP contribution < -0.4 is 10.3 Å². The molecule has 3 rings (SSSR count). The number of ether oxygens (including phenoxy) is 2. The van der Waals surface area contributed by atoms with Gasteiger partial charge in [-0.05, 0) is 61.0 Å². The molecule has 162 valence electrons. The molecule has 0 bridgehead atoms. The van der Waals surface area contributed by atoms with E-state index in [0.29, 0.717) is 30.7 Å². The summed E-state index contributed by atoms with van der Waals surface area (Å²) in [7, 11) is 0. The van der Waals surface area contributed by atoms with Crippen LogP contribution in [0, 0.1) is 5.92 Å². The number of amides is 1. The van der Waals surface area contributed by atoms with Crippen LogP contribution in [-0.4, -0.2) is 39.2 Å². The number of likely N-dealkylation sites (tertiary alicyclic amines) is 1. The number of piperidine rings is 1. The smallest absolute Gasteiger partial charge is 0.410 e. The van der Waals surface area contributed by atoms with Gasteiger partial charge in [-0.3, -0.25) is 9.36 Å². The Hall–Kier alpha value is -2.35. The van der Waals surface area contributed by atoms with Crippen LogP contribution in [-0.2, 0) is 17.9 Å². The summed E-state index contributed by atoms with van der Waals surface area (Å²) in [5.74, 6) is 0.438. The standard InChI is InChI=1S/C22H28BrN3O4/c1-22(2,3)30-21(28)25-11-7-10-17(12-25)13-26-15-24-19(18(23)20(26)27)29-14-16-8-5-4-6-9-16/h4-6,8-9,15,17H,7,10-14H2,1-3H3. The summed E-state index contributed by atoms with van der Waals surface area (Å²) < 4.78 is 13.1. The van der Waals surface area contributed by atoms with E-state index in [9.17, 15) is 9.59 Å². The topological polar surface area (TPSA) is 73.7 Å². The summed E-state index contributed by atoms with van der Waals surface area (Å²) in [6.07, 6.45) is 3.03. The summed E-state index contributed by atoms with van der Waals surface area (Å²) in [4.78, 5) is 31.2. The first-order valence-corrected chi connectivity index (χ1v) is 10.9. The molecule has 0 radical (unpaired) electrons. The molecule has 0 saturated carbocycles. The highest BCUT2D eigenvalue weighted by molar-refractivity contribution is 9.10. The molecule has 1 saturated heterocycles. The highest BCUT2D eigenvalue weighted by Gasteiger charge is 2.28. The van der Waals surface area contributed by atoms with Crippen molar-refractivity contribution in [3.63, 3.8) is 0 Å². The van der Waals surface area contributed by atoms with Gasteiger partial charge in [-0.1, -0.05) is 30.3 Å². The van der Waals surface area contributed by atoms with Crippen LogP contribution in [0.5, 0.6) is 5.88 Å². The maximum absolute atomic E-state index is 12.8. The summed E-state index contributed by atoms with van der Waals surface area (Å²) in [6.45, 7) is 7.63. The summed E-state index contributed by atoms with van der Waals surface area (Å²) in [6, 6.07) is 9.71. The molecule has 2 aromatic rings. The maximum atomic E-state index is 12.8. The van der Waals surface area contributed by atoms with Crippen molar-refractivity contribution in [1.82, 2.24) is 14.5 Å². The second-order valence-electron chi connectivity index (χ2n) is 8.53. The Morgan fingerprint density at radius 3 is 2.70 bits per heavy atom. The molecule has 2 heterocycles. The number of benzene rings is 1. The monoisotopic (exact) mass is 477 g/mol. The average Bonchev–Trinajstić information content (AvgIpc) is 2.71. The molecule has 1 aromatic heterocycles. The second-order valence-corrected chi connectivity index (χ2v) is 9.32. The van der Waals surface area contributed by atoms with Crippen LogP contribution in [0.1, 0.15) is 39.2 Å². The van der Waals surface area contributed by atoms with Gasteiger partial charge in [-0.15, -0.1) is 0 Å². The molecule has 7 nitrogen and oxygen atoms in total. The van der Waals surface area contributed by atoms with Crippen LogP contribution in [0.15, 0.2) is 45.9 Å². The molecule has 8 heteroatoms. The van der Waals surface area contributed by atoms with Gasteiger partial charge in [0.25, 0.3) is 5.56 Å². The van der Waals surface area contributed by atoms with E-state index < -0.39 is 5.60 Å². The van der Waals surface area contributed by atoms with E-state index in [4.69, 9.17) is 9.47 Å². The predicted octanol–water partition coefficient (Wildman–Crippen LogP) is 4.23. The van der Waals surface area contributed by atoms with Crippen molar-refractivity contribution in [2.24, 2.45) is 5.92 Å². The molecule has 0 N–H and O–H groups in total. The van der Waals surface area contributed by atoms with Gasteiger partial charge in [0.1, 0.15) is 23.0 Å². The van der Waals surface area contributed by atoms with E-state index in [0.717, 1.165) is 18.4 Å². The van der Waals surface area contributed by atoms with Gasteiger partial charge >= 0.3 is 6.09 Å². The first-order chi connectivity index (χ1) is 14.2. The van der Waals surface area contributed by atoms with Gasteiger partial charge in [0, 0.05) is 19.6 Å². The first kappa shape index (κ1) is 22.3. The molecule has 1 amide bonds. The third-order valence-electron chi connectivity index (χ3n) is 4.79. The molecule has 1 aliphatic heterocycles. The molecule has 1 unspecified atom stereocenters. The number of carbonyl (C=O) groups excluding carboxylic acids is 1. The number of rotatable bonds is 5. The minimum atomic E-state index is -0.522. The first-order valence-electron chi connectivity index (χ1n) is 10.1. The minimum absolute atomic E-state index is 0.161. The van der Waals surface area contributed by atoms with Crippen molar-refractivity contribution in [3.05, 3.63) is 57.0 Å². The van der Waals surface area contributed by atoms with E-state index in [2.05, 4.69) is 20.9 Å². The summed E-state index contributed by atoms with van der Waals surface area (Å²) in [5, 5.41) is 0. The fraction of sp³-hybridized carbons (Fsp3) is 0.500. The van der Waals surface area contributed by atoms with Gasteiger partial charge in [0.2, 0.25) is 5.88 Å². The van der Waals surface area contributed by atoms with E-state index >= 15 is 0 Å². The zero-order valence-electron chi connectivity index (χ0n) is 17.6. The molecular weight excluding hydrogens is 450 g/mol. The number of nitrogens with zero attached hydrogens (tertiary/aromatic N) is 3. The van der Waals surface area contributed by atoms with Gasteiger partial charge in [0.05, 0.1) is 0 Å².